The predicted octanol–water partition coefficient (Wildman–Crippen LogP) is 0.552. The van der Waals surface area contributed by atoms with Gasteiger partial charge in [-0.15, -0.1) is 0 Å². The Hall–Kier alpha value is -1.12. The molecular weight excluding hydrogens is 290 g/mol. The minimum atomic E-state index is -3.52. The van der Waals surface area contributed by atoms with Crippen LogP contribution in [0.1, 0.15) is 0 Å². The number of rotatable bonds is 6. The fraction of sp³-hybridized carbons (Fsp3) is 0.455. The van der Waals surface area contributed by atoms with Crippen LogP contribution >= 0.6 is 0 Å². The molecule has 19 heavy (non-hydrogen) atoms. The Balaban J connectivity index is 3.26. The van der Waals surface area contributed by atoms with Gasteiger partial charge in [0.25, 0.3) is 0 Å². The van der Waals surface area contributed by atoms with Crippen molar-refractivity contribution >= 4 is 25.4 Å². The van der Waals surface area contributed by atoms with Crippen LogP contribution in [0.15, 0.2) is 28.0 Å². The molecule has 0 saturated carbocycles. The van der Waals surface area contributed by atoms with E-state index in [-0.39, 0.29) is 9.79 Å². The summed E-state index contributed by atoms with van der Waals surface area (Å²) in [6.07, 6.45) is 2.07. The van der Waals surface area contributed by atoms with Gasteiger partial charge >= 0.3 is 0 Å². The van der Waals surface area contributed by atoms with Crippen LogP contribution in [0.25, 0.3) is 0 Å². The Kier molecular flexibility index (Phi) is 4.94. The molecule has 0 saturated heterocycles. The molecule has 0 atom stereocenters. The third-order valence-corrected chi connectivity index (χ3v) is 4.65. The minimum Gasteiger partial charge on any atom is -0.383 e. The van der Waals surface area contributed by atoms with Crippen molar-refractivity contribution in [1.29, 1.82) is 0 Å². The molecule has 1 N–H and O–H groups in total. The van der Waals surface area contributed by atoms with Crippen molar-refractivity contribution in [2.24, 2.45) is 0 Å². The molecule has 6 nitrogen and oxygen atoms in total. The summed E-state index contributed by atoms with van der Waals surface area (Å²) in [7, 11) is -5.43. The first-order valence-electron chi connectivity index (χ1n) is 5.43. The van der Waals surface area contributed by atoms with E-state index in [0.717, 1.165) is 12.5 Å². The van der Waals surface area contributed by atoms with Crippen LogP contribution in [-0.4, -0.2) is 49.6 Å². The fourth-order valence-corrected chi connectivity index (χ4v) is 3.08. The summed E-state index contributed by atoms with van der Waals surface area (Å²) in [5.41, 5.74) is 0.368. The van der Waals surface area contributed by atoms with Gasteiger partial charge in [0.2, 0.25) is 0 Å². The average Bonchev–Trinajstić information content (AvgIpc) is 2.27. The van der Waals surface area contributed by atoms with Gasteiger partial charge < -0.3 is 10.1 Å². The molecule has 0 amide bonds. The lowest BCUT2D eigenvalue weighted by Gasteiger charge is -2.11. The van der Waals surface area contributed by atoms with Crippen molar-refractivity contribution in [2.45, 2.75) is 9.79 Å². The third-order valence-electron chi connectivity index (χ3n) is 2.40. The first-order valence-corrected chi connectivity index (χ1v) is 9.21. The third kappa shape index (κ3) is 4.48. The molecule has 1 aromatic carbocycles. The summed E-state index contributed by atoms with van der Waals surface area (Å²) in [4.78, 5) is -0.0586. The van der Waals surface area contributed by atoms with Gasteiger partial charge in [-0.2, -0.15) is 0 Å². The molecule has 0 aliphatic rings. The van der Waals surface area contributed by atoms with E-state index in [9.17, 15) is 16.8 Å². The Bertz CT molecular complexity index is 650. The molecule has 8 heteroatoms. The van der Waals surface area contributed by atoms with E-state index in [4.69, 9.17) is 4.74 Å². The van der Waals surface area contributed by atoms with E-state index < -0.39 is 19.7 Å². The Morgan fingerprint density at radius 3 is 2.21 bits per heavy atom. The Morgan fingerprint density at radius 2 is 1.74 bits per heavy atom. The highest BCUT2D eigenvalue weighted by molar-refractivity contribution is 7.91. The molecule has 0 radical (unpaired) electrons. The average molecular weight is 307 g/mol. The zero-order chi connectivity index (χ0) is 14.7. The lowest BCUT2D eigenvalue weighted by Crippen LogP contribution is -2.12. The zero-order valence-corrected chi connectivity index (χ0v) is 12.6. The maximum atomic E-state index is 11.7. The van der Waals surface area contributed by atoms with Gasteiger partial charge in [0.1, 0.15) is 0 Å². The van der Waals surface area contributed by atoms with Crippen molar-refractivity contribution in [2.75, 3.05) is 38.1 Å². The van der Waals surface area contributed by atoms with Crippen molar-refractivity contribution in [3.8, 4) is 0 Å². The number of anilines is 1. The standard InChI is InChI=1S/C11H17NO5S2/c1-17-7-6-12-10-5-4-9(18(2,13)14)8-11(10)19(3,15)16/h4-5,8,12H,6-7H2,1-3H3. The van der Waals surface area contributed by atoms with Crippen LogP contribution in [0.4, 0.5) is 5.69 Å². The molecule has 0 unspecified atom stereocenters. The summed E-state index contributed by atoms with van der Waals surface area (Å²) in [6, 6.07) is 3.99. The van der Waals surface area contributed by atoms with Crippen LogP contribution < -0.4 is 5.32 Å². The largest absolute Gasteiger partial charge is 0.383 e. The Labute approximate surface area is 113 Å². The maximum Gasteiger partial charge on any atom is 0.177 e. The second-order valence-electron chi connectivity index (χ2n) is 4.12. The van der Waals surface area contributed by atoms with Crippen LogP contribution in [0.5, 0.6) is 0 Å². The van der Waals surface area contributed by atoms with E-state index in [1.165, 1.54) is 25.3 Å². The number of benzene rings is 1. The van der Waals surface area contributed by atoms with Gasteiger partial charge in [-0.1, -0.05) is 0 Å². The predicted molar refractivity (Wildman–Crippen MR) is 73.0 cm³/mol. The molecule has 0 bridgehead atoms. The molecule has 0 spiro atoms. The molecule has 1 rings (SSSR count). The van der Waals surface area contributed by atoms with Crippen LogP contribution in [0.3, 0.4) is 0 Å². The van der Waals surface area contributed by atoms with Crippen LogP contribution in [0.2, 0.25) is 0 Å². The normalized spacial score (nSPS) is 12.4. The molecule has 108 valence electrons. The summed E-state index contributed by atoms with van der Waals surface area (Å²) in [5.74, 6) is 0. The van der Waals surface area contributed by atoms with Crippen molar-refractivity contribution in [3.05, 3.63) is 18.2 Å². The fourth-order valence-electron chi connectivity index (χ4n) is 1.47. The quantitative estimate of drug-likeness (QED) is 0.772. The number of nitrogens with one attached hydrogen (secondary N) is 1. The topological polar surface area (TPSA) is 89.5 Å². The second-order valence-corrected chi connectivity index (χ2v) is 8.12. The molecule has 1 aromatic rings. The summed E-state index contributed by atoms with van der Waals surface area (Å²) in [5, 5.41) is 2.90. The maximum absolute atomic E-state index is 11.7. The number of sulfone groups is 2. The van der Waals surface area contributed by atoms with E-state index in [1.54, 1.807) is 0 Å². The first kappa shape index (κ1) is 15.9. The van der Waals surface area contributed by atoms with Crippen LogP contribution in [0, 0.1) is 0 Å². The highest BCUT2D eigenvalue weighted by Gasteiger charge is 2.17. The lowest BCUT2D eigenvalue weighted by atomic mass is 10.3. The number of ether oxygens (including phenoxy) is 1. The lowest BCUT2D eigenvalue weighted by molar-refractivity contribution is 0.210. The first-order chi connectivity index (χ1) is 8.66. The van der Waals surface area contributed by atoms with Gasteiger partial charge in [0.05, 0.1) is 22.1 Å². The molecule has 0 heterocycles. The van der Waals surface area contributed by atoms with Crippen LogP contribution in [-0.2, 0) is 24.4 Å². The van der Waals surface area contributed by atoms with Gasteiger partial charge in [-0.05, 0) is 18.2 Å². The van der Waals surface area contributed by atoms with E-state index in [0.29, 0.717) is 18.8 Å². The summed E-state index contributed by atoms with van der Waals surface area (Å²) >= 11 is 0. The van der Waals surface area contributed by atoms with Gasteiger partial charge in [-0.3, -0.25) is 0 Å². The van der Waals surface area contributed by atoms with Crippen molar-refractivity contribution < 1.29 is 21.6 Å². The highest BCUT2D eigenvalue weighted by atomic mass is 32.2. The molecular formula is C11H17NO5S2. The molecule has 0 fully saturated rings. The Morgan fingerprint density at radius 1 is 1.11 bits per heavy atom. The minimum absolute atomic E-state index is 0.0229. The number of hydrogen-bond acceptors (Lipinski definition) is 6. The monoisotopic (exact) mass is 307 g/mol. The number of methoxy groups -OCH3 is 1. The van der Waals surface area contributed by atoms with E-state index >= 15 is 0 Å². The summed E-state index contributed by atoms with van der Waals surface area (Å²) in [6.45, 7) is 0.842. The van der Waals surface area contributed by atoms with Gasteiger partial charge in [-0.25, -0.2) is 16.8 Å². The summed E-state index contributed by atoms with van der Waals surface area (Å²) < 4.78 is 51.2. The SMILES string of the molecule is COCCNc1ccc(S(C)(=O)=O)cc1S(C)(=O)=O. The molecule has 0 aromatic heterocycles. The smallest absolute Gasteiger partial charge is 0.177 e. The highest BCUT2D eigenvalue weighted by Crippen LogP contribution is 2.24. The van der Waals surface area contributed by atoms with Gasteiger partial charge in [0.15, 0.2) is 19.7 Å². The second kappa shape index (κ2) is 5.89. The van der Waals surface area contributed by atoms with Gasteiger partial charge in [0, 0.05) is 26.2 Å². The van der Waals surface area contributed by atoms with E-state index in [1.807, 2.05) is 0 Å². The molecule has 0 aliphatic carbocycles. The molecule has 0 aliphatic heterocycles. The zero-order valence-electron chi connectivity index (χ0n) is 11.0. The van der Waals surface area contributed by atoms with E-state index in [2.05, 4.69) is 5.32 Å². The van der Waals surface area contributed by atoms with Crippen molar-refractivity contribution in [1.82, 2.24) is 0 Å². The number of hydrogen-bond donors (Lipinski definition) is 1. The van der Waals surface area contributed by atoms with Crippen molar-refractivity contribution in [3.63, 3.8) is 0 Å².